The molecule has 1 amide bonds. The Balaban J connectivity index is 1.67. The van der Waals surface area contributed by atoms with Gasteiger partial charge < -0.3 is 10.1 Å². The van der Waals surface area contributed by atoms with Crippen LogP contribution in [0.4, 0.5) is 5.69 Å². The SMILES string of the molecule is Cc1nn(-c2ccccc2)c(C)c1NC(=O)COC(=O)c1ccccc1Cl. The number of carbonyl (C=O) groups is 2. The zero-order chi connectivity index (χ0) is 19.4. The second-order valence-electron chi connectivity index (χ2n) is 5.90. The van der Waals surface area contributed by atoms with Crippen molar-refractivity contribution in [3.8, 4) is 5.69 Å². The third-order valence-electron chi connectivity index (χ3n) is 3.98. The predicted molar refractivity (Wildman–Crippen MR) is 103 cm³/mol. The molecular formula is C20H18ClN3O3. The highest BCUT2D eigenvalue weighted by Crippen LogP contribution is 2.22. The number of anilines is 1. The van der Waals surface area contributed by atoms with E-state index in [9.17, 15) is 9.59 Å². The van der Waals surface area contributed by atoms with E-state index >= 15 is 0 Å². The zero-order valence-electron chi connectivity index (χ0n) is 14.9. The first-order valence-corrected chi connectivity index (χ1v) is 8.68. The van der Waals surface area contributed by atoms with Crippen molar-refractivity contribution in [2.24, 2.45) is 0 Å². The number of ether oxygens (including phenoxy) is 1. The number of esters is 1. The molecule has 27 heavy (non-hydrogen) atoms. The monoisotopic (exact) mass is 383 g/mol. The minimum absolute atomic E-state index is 0.219. The van der Waals surface area contributed by atoms with Crippen LogP contribution in [0.2, 0.25) is 5.02 Å². The highest BCUT2D eigenvalue weighted by Gasteiger charge is 2.17. The highest BCUT2D eigenvalue weighted by molar-refractivity contribution is 6.33. The quantitative estimate of drug-likeness (QED) is 0.677. The first-order valence-electron chi connectivity index (χ1n) is 8.30. The summed E-state index contributed by atoms with van der Waals surface area (Å²) in [5.74, 6) is -1.10. The summed E-state index contributed by atoms with van der Waals surface area (Å²) in [6.07, 6.45) is 0. The maximum Gasteiger partial charge on any atom is 0.340 e. The van der Waals surface area contributed by atoms with Crippen LogP contribution in [0.15, 0.2) is 54.6 Å². The van der Waals surface area contributed by atoms with Crippen molar-refractivity contribution < 1.29 is 14.3 Å². The number of amides is 1. The fourth-order valence-electron chi connectivity index (χ4n) is 2.66. The molecule has 0 saturated carbocycles. The molecule has 2 aromatic carbocycles. The number of rotatable bonds is 5. The second kappa shape index (κ2) is 8.05. The number of nitrogens with zero attached hydrogens (tertiary/aromatic N) is 2. The van der Waals surface area contributed by atoms with Crippen LogP contribution in [0.1, 0.15) is 21.7 Å². The smallest absolute Gasteiger partial charge is 0.340 e. The third-order valence-corrected chi connectivity index (χ3v) is 4.31. The number of halogens is 1. The van der Waals surface area contributed by atoms with E-state index < -0.39 is 18.5 Å². The Labute approximate surface area is 161 Å². The molecule has 0 fully saturated rings. The van der Waals surface area contributed by atoms with Crippen LogP contribution < -0.4 is 5.32 Å². The van der Waals surface area contributed by atoms with Crippen LogP contribution >= 0.6 is 11.6 Å². The van der Waals surface area contributed by atoms with E-state index in [1.165, 1.54) is 0 Å². The van der Waals surface area contributed by atoms with E-state index in [0.29, 0.717) is 11.4 Å². The summed E-state index contributed by atoms with van der Waals surface area (Å²) in [4.78, 5) is 24.3. The number of aromatic nitrogens is 2. The molecule has 1 aromatic heterocycles. The van der Waals surface area contributed by atoms with Gasteiger partial charge in [-0.2, -0.15) is 5.10 Å². The lowest BCUT2D eigenvalue weighted by atomic mass is 10.2. The van der Waals surface area contributed by atoms with E-state index in [1.54, 1.807) is 35.9 Å². The molecule has 0 aliphatic carbocycles. The average molecular weight is 384 g/mol. The van der Waals surface area contributed by atoms with Gasteiger partial charge in [-0.15, -0.1) is 0 Å². The molecule has 0 aliphatic rings. The molecule has 0 spiro atoms. The maximum atomic E-state index is 12.2. The molecule has 0 bridgehead atoms. The van der Waals surface area contributed by atoms with E-state index in [4.69, 9.17) is 16.3 Å². The number of para-hydroxylation sites is 1. The van der Waals surface area contributed by atoms with Crippen LogP contribution in [0.5, 0.6) is 0 Å². The van der Waals surface area contributed by atoms with Gasteiger partial charge in [0.2, 0.25) is 0 Å². The molecule has 0 unspecified atom stereocenters. The first kappa shape index (κ1) is 18.7. The number of nitrogens with one attached hydrogen (secondary N) is 1. The van der Waals surface area contributed by atoms with Crippen molar-refractivity contribution >= 4 is 29.2 Å². The van der Waals surface area contributed by atoms with E-state index in [2.05, 4.69) is 10.4 Å². The minimum Gasteiger partial charge on any atom is -0.452 e. The molecule has 6 nitrogen and oxygen atoms in total. The van der Waals surface area contributed by atoms with Gasteiger partial charge in [0.05, 0.1) is 33.3 Å². The van der Waals surface area contributed by atoms with E-state index in [-0.39, 0.29) is 10.6 Å². The molecule has 0 saturated heterocycles. The average Bonchev–Trinajstić information content (AvgIpc) is 2.95. The molecule has 138 valence electrons. The van der Waals surface area contributed by atoms with Crippen LogP contribution in [0, 0.1) is 13.8 Å². The van der Waals surface area contributed by atoms with Gasteiger partial charge in [0.1, 0.15) is 0 Å². The Morgan fingerprint density at radius 1 is 1.07 bits per heavy atom. The number of hydrogen-bond donors (Lipinski definition) is 1. The maximum absolute atomic E-state index is 12.2. The normalized spacial score (nSPS) is 10.5. The van der Waals surface area contributed by atoms with Crippen molar-refractivity contribution in [3.05, 3.63) is 76.6 Å². The van der Waals surface area contributed by atoms with Gasteiger partial charge in [0, 0.05) is 0 Å². The fourth-order valence-corrected chi connectivity index (χ4v) is 2.87. The summed E-state index contributed by atoms with van der Waals surface area (Å²) in [6, 6.07) is 16.1. The zero-order valence-corrected chi connectivity index (χ0v) is 15.7. The lowest BCUT2D eigenvalue weighted by molar-refractivity contribution is -0.119. The van der Waals surface area contributed by atoms with Gasteiger partial charge in [-0.3, -0.25) is 4.79 Å². The van der Waals surface area contributed by atoms with Gasteiger partial charge in [-0.1, -0.05) is 41.9 Å². The van der Waals surface area contributed by atoms with Crippen molar-refractivity contribution in [3.63, 3.8) is 0 Å². The molecule has 1 heterocycles. The third kappa shape index (κ3) is 4.17. The van der Waals surface area contributed by atoms with Crippen LogP contribution in [-0.4, -0.2) is 28.3 Å². The highest BCUT2D eigenvalue weighted by atomic mass is 35.5. The standard InChI is InChI=1S/C20H18ClN3O3/c1-13-19(14(2)24(23-13)15-8-4-3-5-9-15)22-18(25)12-27-20(26)16-10-6-7-11-17(16)21/h3-11H,12H2,1-2H3,(H,22,25). The molecular weight excluding hydrogens is 366 g/mol. The topological polar surface area (TPSA) is 73.2 Å². The fraction of sp³-hybridized carbons (Fsp3) is 0.150. The molecule has 0 radical (unpaired) electrons. The Hall–Kier alpha value is -3.12. The minimum atomic E-state index is -0.649. The largest absolute Gasteiger partial charge is 0.452 e. The number of benzene rings is 2. The molecule has 1 N–H and O–H groups in total. The summed E-state index contributed by atoms with van der Waals surface area (Å²) in [5, 5.41) is 7.50. The number of aryl methyl sites for hydroxylation is 1. The van der Waals surface area contributed by atoms with Gasteiger partial charge in [0.15, 0.2) is 6.61 Å². The van der Waals surface area contributed by atoms with Gasteiger partial charge in [0.25, 0.3) is 5.91 Å². The molecule has 0 aliphatic heterocycles. The van der Waals surface area contributed by atoms with Crippen molar-refractivity contribution in [2.45, 2.75) is 13.8 Å². The molecule has 3 aromatic rings. The Morgan fingerprint density at radius 2 is 1.74 bits per heavy atom. The summed E-state index contributed by atoms with van der Waals surface area (Å²) >= 11 is 5.95. The predicted octanol–water partition coefficient (Wildman–Crippen LogP) is 3.94. The van der Waals surface area contributed by atoms with Crippen molar-refractivity contribution in [2.75, 3.05) is 11.9 Å². The molecule has 3 rings (SSSR count). The Bertz CT molecular complexity index is 983. The van der Waals surface area contributed by atoms with Crippen molar-refractivity contribution in [1.82, 2.24) is 9.78 Å². The lowest BCUT2D eigenvalue weighted by Gasteiger charge is -2.08. The lowest BCUT2D eigenvalue weighted by Crippen LogP contribution is -2.21. The number of hydrogen-bond acceptors (Lipinski definition) is 4. The summed E-state index contributed by atoms with van der Waals surface area (Å²) < 4.78 is 6.80. The Morgan fingerprint density at radius 3 is 2.44 bits per heavy atom. The van der Waals surface area contributed by atoms with E-state index in [1.807, 2.05) is 37.3 Å². The molecule has 0 atom stereocenters. The first-order chi connectivity index (χ1) is 13.0. The summed E-state index contributed by atoms with van der Waals surface area (Å²) in [5.41, 5.74) is 3.16. The van der Waals surface area contributed by atoms with Gasteiger partial charge in [-0.05, 0) is 38.1 Å². The van der Waals surface area contributed by atoms with Crippen LogP contribution in [0.3, 0.4) is 0 Å². The van der Waals surface area contributed by atoms with Crippen LogP contribution in [-0.2, 0) is 9.53 Å². The summed E-state index contributed by atoms with van der Waals surface area (Å²) in [7, 11) is 0. The molecule has 7 heteroatoms. The van der Waals surface area contributed by atoms with Gasteiger partial charge in [-0.25, -0.2) is 9.48 Å². The second-order valence-corrected chi connectivity index (χ2v) is 6.30. The number of carbonyl (C=O) groups excluding carboxylic acids is 2. The van der Waals surface area contributed by atoms with Gasteiger partial charge >= 0.3 is 5.97 Å². The summed E-state index contributed by atoms with van der Waals surface area (Å²) in [6.45, 7) is 3.25. The van der Waals surface area contributed by atoms with Crippen LogP contribution in [0.25, 0.3) is 5.69 Å². The van der Waals surface area contributed by atoms with Crippen molar-refractivity contribution in [1.29, 1.82) is 0 Å². The van der Waals surface area contributed by atoms with E-state index in [0.717, 1.165) is 11.4 Å². The Kier molecular flexibility index (Phi) is 5.57.